The normalized spacial score (nSPS) is 20.4. The van der Waals surface area contributed by atoms with Gasteiger partial charge in [0.15, 0.2) is 0 Å². The van der Waals surface area contributed by atoms with E-state index in [-0.39, 0.29) is 0 Å². The molecule has 1 fully saturated rings. The summed E-state index contributed by atoms with van der Waals surface area (Å²) in [7, 11) is 2.19. The Balaban J connectivity index is 2.08. The molecular formula is C14H21ClN2. The minimum Gasteiger partial charge on any atom is -0.330 e. The topological polar surface area (TPSA) is 29.3 Å². The fourth-order valence-electron chi connectivity index (χ4n) is 2.74. The van der Waals surface area contributed by atoms with Crippen LogP contribution in [0.2, 0.25) is 5.02 Å². The number of hydrogen-bond acceptors (Lipinski definition) is 2. The highest BCUT2D eigenvalue weighted by molar-refractivity contribution is 6.30. The lowest BCUT2D eigenvalue weighted by molar-refractivity contribution is 0.199. The van der Waals surface area contributed by atoms with Crippen molar-refractivity contribution in [1.29, 1.82) is 0 Å². The molecule has 0 unspecified atom stereocenters. The third-order valence-corrected chi connectivity index (χ3v) is 4.14. The van der Waals surface area contributed by atoms with Crippen LogP contribution < -0.4 is 5.73 Å². The summed E-state index contributed by atoms with van der Waals surface area (Å²) in [6, 6.07) is 8.18. The summed E-state index contributed by atoms with van der Waals surface area (Å²) in [6.07, 6.45) is 2.50. The quantitative estimate of drug-likeness (QED) is 0.896. The Kier molecular flexibility index (Phi) is 4.43. The molecule has 0 amide bonds. The van der Waals surface area contributed by atoms with Crippen molar-refractivity contribution in [3.63, 3.8) is 0 Å². The van der Waals surface area contributed by atoms with E-state index in [1.165, 1.54) is 31.5 Å². The Labute approximate surface area is 109 Å². The van der Waals surface area contributed by atoms with Crippen LogP contribution in [0, 0.1) is 5.92 Å². The van der Waals surface area contributed by atoms with Crippen molar-refractivity contribution in [2.75, 3.05) is 26.7 Å². The van der Waals surface area contributed by atoms with Gasteiger partial charge in [-0.05, 0) is 69.1 Å². The summed E-state index contributed by atoms with van der Waals surface area (Å²) in [5.41, 5.74) is 7.30. The molecule has 0 bridgehead atoms. The van der Waals surface area contributed by atoms with E-state index in [1.54, 1.807) is 0 Å². The number of halogens is 1. The summed E-state index contributed by atoms with van der Waals surface area (Å²) in [5, 5.41) is 0.799. The summed E-state index contributed by atoms with van der Waals surface area (Å²) in [4.78, 5) is 2.39. The predicted octanol–water partition coefficient (Wildman–Crippen LogP) is 2.72. The van der Waals surface area contributed by atoms with Crippen molar-refractivity contribution >= 4 is 11.6 Å². The van der Waals surface area contributed by atoms with E-state index in [0.717, 1.165) is 17.5 Å². The molecular weight excluding hydrogens is 232 g/mol. The first-order valence-corrected chi connectivity index (χ1v) is 6.72. The van der Waals surface area contributed by atoms with Gasteiger partial charge in [0.1, 0.15) is 0 Å². The number of piperidine rings is 1. The van der Waals surface area contributed by atoms with Gasteiger partial charge in [-0.15, -0.1) is 0 Å². The van der Waals surface area contributed by atoms with E-state index in [0.29, 0.717) is 5.92 Å². The number of nitrogens with zero attached hydrogens (tertiary/aromatic N) is 1. The average molecular weight is 253 g/mol. The van der Waals surface area contributed by atoms with E-state index in [1.807, 2.05) is 12.1 Å². The highest BCUT2D eigenvalue weighted by Crippen LogP contribution is 2.32. The standard InChI is InChI=1S/C14H21ClN2/c1-17-8-6-12(7-9-17)14(10-16)11-2-4-13(15)5-3-11/h2-5,12,14H,6-10,16H2,1H3/t14-/m0/s1. The third kappa shape index (κ3) is 3.21. The van der Waals surface area contributed by atoms with Gasteiger partial charge in [-0.25, -0.2) is 0 Å². The first kappa shape index (κ1) is 12.9. The first-order valence-electron chi connectivity index (χ1n) is 6.35. The fourth-order valence-corrected chi connectivity index (χ4v) is 2.87. The van der Waals surface area contributed by atoms with Crippen LogP contribution in [0.25, 0.3) is 0 Å². The highest BCUT2D eigenvalue weighted by Gasteiger charge is 2.25. The largest absolute Gasteiger partial charge is 0.330 e. The highest BCUT2D eigenvalue weighted by atomic mass is 35.5. The summed E-state index contributed by atoms with van der Waals surface area (Å²) in [6.45, 7) is 3.11. The molecule has 1 aromatic carbocycles. The van der Waals surface area contributed by atoms with Gasteiger partial charge in [-0.3, -0.25) is 0 Å². The van der Waals surface area contributed by atoms with Crippen LogP contribution in [0.1, 0.15) is 24.3 Å². The zero-order valence-electron chi connectivity index (χ0n) is 10.4. The molecule has 0 aromatic heterocycles. The van der Waals surface area contributed by atoms with Gasteiger partial charge in [0.25, 0.3) is 0 Å². The van der Waals surface area contributed by atoms with Crippen LogP contribution in [0.4, 0.5) is 0 Å². The van der Waals surface area contributed by atoms with Crippen LogP contribution in [0.15, 0.2) is 24.3 Å². The van der Waals surface area contributed by atoms with Crippen LogP contribution >= 0.6 is 11.6 Å². The minimum absolute atomic E-state index is 0.487. The zero-order chi connectivity index (χ0) is 12.3. The van der Waals surface area contributed by atoms with Crippen molar-refractivity contribution in [2.24, 2.45) is 11.7 Å². The predicted molar refractivity (Wildman–Crippen MR) is 73.5 cm³/mol. The molecule has 1 aliphatic rings. The van der Waals surface area contributed by atoms with E-state index >= 15 is 0 Å². The molecule has 17 heavy (non-hydrogen) atoms. The molecule has 0 radical (unpaired) electrons. The SMILES string of the molecule is CN1CCC([C@@H](CN)c2ccc(Cl)cc2)CC1. The molecule has 0 spiro atoms. The molecule has 1 saturated heterocycles. The summed E-state index contributed by atoms with van der Waals surface area (Å²) < 4.78 is 0. The van der Waals surface area contributed by atoms with Gasteiger partial charge in [0, 0.05) is 5.02 Å². The van der Waals surface area contributed by atoms with Crippen molar-refractivity contribution in [3.8, 4) is 0 Å². The zero-order valence-corrected chi connectivity index (χ0v) is 11.2. The Morgan fingerprint density at radius 1 is 1.29 bits per heavy atom. The number of rotatable bonds is 3. The van der Waals surface area contributed by atoms with Crippen LogP contribution in [-0.2, 0) is 0 Å². The second kappa shape index (κ2) is 5.85. The summed E-state index contributed by atoms with van der Waals surface area (Å²) in [5.74, 6) is 1.21. The first-order chi connectivity index (χ1) is 8.20. The number of hydrogen-bond donors (Lipinski definition) is 1. The molecule has 1 aliphatic heterocycles. The van der Waals surface area contributed by atoms with E-state index in [9.17, 15) is 0 Å². The van der Waals surface area contributed by atoms with Crippen molar-refractivity contribution < 1.29 is 0 Å². The molecule has 2 rings (SSSR count). The number of likely N-dealkylation sites (tertiary alicyclic amines) is 1. The Bertz CT molecular complexity index is 342. The third-order valence-electron chi connectivity index (χ3n) is 3.88. The lowest BCUT2D eigenvalue weighted by Crippen LogP contribution is -2.34. The molecule has 0 saturated carbocycles. The molecule has 1 heterocycles. The lowest BCUT2D eigenvalue weighted by Gasteiger charge is -2.34. The van der Waals surface area contributed by atoms with E-state index in [2.05, 4.69) is 24.1 Å². The van der Waals surface area contributed by atoms with Crippen LogP contribution in [0.5, 0.6) is 0 Å². The Morgan fingerprint density at radius 2 is 1.88 bits per heavy atom. The molecule has 2 nitrogen and oxygen atoms in total. The van der Waals surface area contributed by atoms with E-state index < -0.39 is 0 Å². The minimum atomic E-state index is 0.487. The van der Waals surface area contributed by atoms with Crippen LogP contribution in [0.3, 0.4) is 0 Å². The molecule has 1 atom stereocenters. The second-order valence-electron chi connectivity index (χ2n) is 5.03. The lowest BCUT2D eigenvalue weighted by atomic mass is 9.80. The van der Waals surface area contributed by atoms with Gasteiger partial charge in [-0.2, -0.15) is 0 Å². The van der Waals surface area contributed by atoms with Crippen molar-refractivity contribution in [2.45, 2.75) is 18.8 Å². The number of benzene rings is 1. The average Bonchev–Trinajstić information content (AvgIpc) is 2.35. The van der Waals surface area contributed by atoms with Gasteiger partial charge in [0.2, 0.25) is 0 Å². The smallest absolute Gasteiger partial charge is 0.0406 e. The second-order valence-corrected chi connectivity index (χ2v) is 5.47. The Morgan fingerprint density at radius 3 is 2.41 bits per heavy atom. The van der Waals surface area contributed by atoms with Crippen LogP contribution in [-0.4, -0.2) is 31.6 Å². The summed E-state index contributed by atoms with van der Waals surface area (Å²) >= 11 is 5.93. The maximum absolute atomic E-state index is 5.96. The number of nitrogens with two attached hydrogens (primary N) is 1. The molecule has 3 heteroatoms. The Hall–Kier alpha value is -0.570. The molecule has 2 N–H and O–H groups in total. The maximum atomic E-state index is 5.96. The monoisotopic (exact) mass is 252 g/mol. The van der Waals surface area contributed by atoms with Gasteiger partial charge in [0.05, 0.1) is 0 Å². The van der Waals surface area contributed by atoms with Gasteiger partial charge in [-0.1, -0.05) is 23.7 Å². The molecule has 0 aliphatic carbocycles. The molecule has 1 aromatic rings. The van der Waals surface area contributed by atoms with Gasteiger partial charge >= 0.3 is 0 Å². The fraction of sp³-hybridized carbons (Fsp3) is 0.571. The van der Waals surface area contributed by atoms with Gasteiger partial charge < -0.3 is 10.6 Å². The van der Waals surface area contributed by atoms with Crippen molar-refractivity contribution in [1.82, 2.24) is 4.90 Å². The van der Waals surface area contributed by atoms with E-state index in [4.69, 9.17) is 17.3 Å². The maximum Gasteiger partial charge on any atom is 0.0406 e. The van der Waals surface area contributed by atoms with Crippen molar-refractivity contribution in [3.05, 3.63) is 34.9 Å². The molecule has 94 valence electrons.